The molecule has 3 aromatic heterocycles. The van der Waals surface area contributed by atoms with Gasteiger partial charge in [0.1, 0.15) is 0 Å². The van der Waals surface area contributed by atoms with E-state index in [1.54, 1.807) is 6.20 Å². The number of nitrogens with zero attached hydrogens (tertiary/aromatic N) is 6. The second-order valence-corrected chi connectivity index (χ2v) is 8.52. The van der Waals surface area contributed by atoms with E-state index in [1.165, 1.54) is 0 Å². The van der Waals surface area contributed by atoms with E-state index in [-0.39, 0.29) is 5.69 Å². The van der Waals surface area contributed by atoms with Crippen LogP contribution in [0.2, 0.25) is 0 Å². The molecule has 0 amide bonds. The molecular formula is C27H27N7O. The Kier molecular flexibility index (Phi) is 6.34. The highest BCUT2D eigenvalue weighted by Gasteiger charge is 2.19. The molecule has 2 aromatic carbocycles. The Balaban J connectivity index is 1.55. The zero-order valence-corrected chi connectivity index (χ0v) is 19.8. The fourth-order valence-electron chi connectivity index (χ4n) is 4.42. The van der Waals surface area contributed by atoms with Gasteiger partial charge in [0.2, 0.25) is 0 Å². The largest absolute Gasteiger partial charge is 0.333 e. The van der Waals surface area contributed by atoms with Crippen LogP contribution in [0.25, 0.3) is 28.3 Å². The Bertz CT molecular complexity index is 1470. The number of unbranched alkanes of at least 4 members (excludes halogenated alkanes) is 1. The number of rotatable bonds is 8. The fraction of sp³-hybridized carbons (Fsp3) is 0.222. The van der Waals surface area contributed by atoms with Crippen molar-refractivity contribution in [3.05, 3.63) is 100 Å². The first kappa shape index (κ1) is 22.5. The van der Waals surface area contributed by atoms with E-state index in [4.69, 9.17) is 0 Å². The minimum Gasteiger partial charge on any atom is -0.292 e. The van der Waals surface area contributed by atoms with Crippen molar-refractivity contribution in [3.63, 3.8) is 0 Å². The molecule has 0 atom stereocenters. The average Bonchev–Trinajstić information content (AvgIpc) is 3.52. The molecule has 8 nitrogen and oxygen atoms in total. The number of aromatic amines is 1. The minimum atomic E-state index is -0.0172. The van der Waals surface area contributed by atoms with Gasteiger partial charge in [0.05, 0.1) is 17.9 Å². The Hall–Kier alpha value is -4.33. The zero-order valence-electron chi connectivity index (χ0n) is 19.8. The second-order valence-electron chi connectivity index (χ2n) is 8.52. The van der Waals surface area contributed by atoms with Crippen molar-refractivity contribution in [2.45, 2.75) is 39.7 Å². The van der Waals surface area contributed by atoms with Crippen molar-refractivity contribution in [1.29, 1.82) is 0 Å². The first-order chi connectivity index (χ1) is 17.2. The standard InChI is InChI=1S/C27H27N7O/c1-3-4-12-24-19(2)33(18-20-9-6-5-7-10-20)27(35)34(24)22-15-13-21(14-16-22)25-23(11-8-17-28-25)26-29-31-32-30-26/h5-11,13-17H,3-4,12,18H2,1-2H3,(H,29,30,31,32). The summed E-state index contributed by atoms with van der Waals surface area (Å²) in [6.45, 7) is 4.77. The molecule has 5 rings (SSSR count). The SMILES string of the molecule is CCCCc1c(C)n(Cc2ccccc2)c(=O)n1-c1ccc(-c2ncccc2-c2nnn[nH]2)cc1. The van der Waals surface area contributed by atoms with E-state index in [9.17, 15) is 4.79 Å². The molecule has 0 fully saturated rings. The molecule has 176 valence electrons. The third-order valence-corrected chi connectivity index (χ3v) is 6.27. The maximum absolute atomic E-state index is 13.6. The van der Waals surface area contributed by atoms with Crippen molar-refractivity contribution in [3.8, 4) is 28.3 Å². The lowest BCUT2D eigenvalue weighted by Gasteiger charge is -2.10. The summed E-state index contributed by atoms with van der Waals surface area (Å²) in [5.74, 6) is 0.559. The van der Waals surface area contributed by atoms with Gasteiger partial charge in [-0.15, -0.1) is 5.10 Å². The summed E-state index contributed by atoms with van der Waals surface area (Å²) in [4.78, 5) is 18.2. The lowest BCUT2D eigenvalue weighted by atomic mass is 10.0. The van der Waals surface area contributed by atoms with Crippen LogP contribution in [-0.4, -0.2) is 34.7 Å². The molecule has 5 aromatic rings. The van der Waals surface area contributed by atoms with Crippen LogP contribution in [0.1, 0.15) is 36.7 Å². The molecule has 0 bridgehead atoms. The highest BCUT2D eigenvalue weighted by Crippen LogP contribution is 2.28. The van der Waals surface area contributed by atoms with Crippen LogP contribution >= 0.6 is 0 Å². The summed E-state index contributed by atoms with van der Waals surface area (Å²) in [5, 5.41) is 14.2. The third kappa shape index (κ3) is 4.42. The van der Waals surface area contributed by atoms with Gasteiger partial charge in [0, 0.05) is 28.7 Å². The summed E-state index contributed by atoms with van der Waals surface area (Å²) in [7, 11) is 0. The van der Waals surface area contributed by atoms with Gasteiger partial charge in [-0.1, -0.05) is 55.8 Å². The number of H-pyrrole nitrogens is 1. The molecule has 0 radical (unpaired) electrons. The first-order valence-corrected chi connectivity index (χ1v) is 11.8. The number of benzene rings is 2. The number of aromatic nitrogens is 7. The van der Waals surface area contributed by atoms with Gasteiger partial charge in [0.25, 0.3) is 0 Å². The summed E-state index contributed by atoms with van der Waals surface area (Å²) in [6.07, 6.45) is 4.69. The van der Waals surface area contributed by atoms with Gasteiger partial charge >= 0.3 is 5.69 Å². The average molecular weight is 466 g/mol. The van der Waals surface area contributed by atoms with Crippen LogP contribution in [0.4, 0.5) is 0 Å². The maximum Gasteiger partial charge on any atom is 0.333 e. The number of pyridine rings is 1. The molecule has 35 heavy (non-hydrogen) atoms. The molecule has 0 saturated heterocycles. The lowest BCUT2D eigenvalue weighted by Crippen LogP contribution is -2.24. The molecule has 0 aliphatic rings. The molecule has 0 saturated carbocycles. The normalized spacial score (nSPS) is 11.1. The number of hydrogen-bond donors (Lipinski definition) is 1. The Morgan fingerprint density at radius 2 is 1.77 bits per heavy atom. The first-order valence-electron chi connectivity index (χ1n) is 11.8. The highest BCUT2D eigenvalue weighted by atomic mass is 16.1. The maximum atomic E-state index is 13.6. The van der Waals surface area contributed by atoms with Gasteiger partial charge < -0.3 is 0 Å². The molecule has 3 heterocycles. The number of nitrogens with one attached hydrogen (secondary N) is 1. The van der Waals surface area contributed by atoms with E-state index in [0.29, 0.717) is 12.4 Å². The smallest absolute Gasteiger partial charge is 0.292 e. The summed E-state index contributed by atoms with van der Waals surface area (Å²) < 4.78 is 3.74. The molecule has 0 unspecified atom stereocenters. The highest BCUT2D eigenvalue weighted by molar-refractivity contribution is 5.77. The van der Waals surface area contributed by atoms with Gasteiger partial charge in [-0.3, -0.25) is 14.1 Å². The Morgan fingerprint density at radius 3 is 2.49 bits per heavy atom. The lowest BCUT2D eigenvalue weighted by molar-refractivity contribution is 0.723. The summed E-state index contributed by atoms with van der Waals surface area (Å²) in [5.41, 5.74) is 6.52. The van der Waals surface area contributed by atoms with Gasteiger partial charge in [-0.2, -0.15) is 0 Å². The number of hydrogen-bond acceptors (Lipinski definition) is 5. The predicted octanol–water partition coefficient (Wildman–Crippen LogP) is 4.58. The summed E-state index contributed by atoms with van der Waals surface area (Å²) >= 11 is 0. The minimum absolute atomic E-state index is 0.0172. The molecule has 0 spiro atoms. The van der Waals surface area contributed by atoms with E-state index in [2.05, 4.69) is 44.7 Å². The molecular weight excluding hydrogens is 438 g/mol. The second kappa shape index (κ2) is 9.89. The van der Waals surface area contributed by atoms with Crippen LogP contribution in [0, 0.1) is 6.92 Å². The van der Waals surface area contributed by atoms with Crippen molar-refractivity contribution in [1.82, 2.24) is 34.7 Å². The predicted molar refractivity (Wildman–Crippen MR) is 135 cm³/mol. The van der Waals surface area contributed by atoms with E-state index in [0.717, 1.165) is 58.7 Å². The molecule has 0 aliphatic carbocycles. The van der Waals surface area contributed by atoms with Gasteiger partial charge in [0.15, 0.2) is 5.82 Å². The van der Waals surface area contributed by atoms with Crippen molar-refractivity contribution in [2.75, 3.05) is 0 Å². The van der Waals surface area contributed by atoms with E-state index in [1.807, 2.05) is 70.7 Å². The topological polar surface area (TPSA) is 94.3 Å². The third-order valence-electron chi connectivity index (χ3n) is 6.27. The summed E-state index contributed by atoms with van der Waals surface area (Å²) in [6, 6.07) is 21.8. The van der Waals surface area contributed by atoms with Crippen LogP contribution in [0.5, 0.6) is 0 Å². The Labute approximate surface area is 203 Å². The van der Waals surface area contributed by atoms with Crippen molar-refractivity contribution >= 4 is 0 Å². The van der Waals surface area contributed by atoms with Crippen LogP contribution in [-0.2, 0) is 13.0 Å². The molecule has 0 aliphatic heterocycles. The monoisotopic (exact) mass is 465 g/mol. The number of imidazole rings is 1. The quantitative estimate of drug-likeness (QED) is 0.362. The van der Waals surface area contributed by atoms with Crippen molar-refractivity contribution in [2.24, 2.45) is 0 Å². The van der Waals surface area contributed by atoms with Gasteiger partial charge in [-0.05, 0) is 60.0 Å². The molecule has 1 N–H and O–H groups in total. The fourth-order valence-corrected chi connectivity index (χ4v) is 4.42. The van der Waals surface area contributed by atoms with E-state index < -0.39 is 0 Å². The Morgan fingerprint density at radius 1 is 0.971 bits per heavy atom. The zero-order chi connectivity index (χ0) is 24.2. The molecule has 8 heteroatoms. The van der Waals surface area contributed by atoms with Crippen LogP contribution < -0.4 is 5.69 Å². The van der Waals surface area contributed by atoms with E-state index >= 15 is 0 Å². The van der Waals surface area contributed by atoms with Crippen LogP contribution in [0.15, 0.2) is 77.7 Å². The van der Waals surface area contributed by atoms with Crippen LogP contribution in [0.3, 0.4) is 0 Å². The van der Waals surface area contributed by atoms with Gasteiger partial charge in [-0.25, -0.2) is 9.89 Å². The van der Waals surface area contributed by atoms with Crippen molar-refractivity contribution < 1.29 is 0 Å². The number of tetrazole rings is 1.